The third-order valence-corrected chi connectivity index (χ3v) is 6.51. The van der Waals surface area contributed by atoms with Gasteiger partial charge in [0.05, 0.1) is 24.6 Å². The maximum Gasteiger partial charge on any atom is 0.261 e. The lowest BCUT2D eigenvalue weighted by molar-refractivity contribution is -0.111. The van der Waals surface area contributed by atoms with Gasteiger partial charge in [0, 0.05) is 43.0 Å². The standard InChI is InChI=1S/C28H31F2N5O/c1-5-18(2)26(27(36)34-24-14-32-20(4)33-15-24)25-11-22(7-6-19(25)3)23-10-21(12-31-13-23)16-35-9-8-28(29,30)17-35/h6-7,10-15H,5,8-9,16-17H2,1-4H3,(H,34,36)/b26-18+. The number of hydrogen-bond donors (Lipinski definition) is 1. The molecule has 0 unspecified atom stereocenters. The first kappa shape index (κ1) is 25.6. The van der Waals surface area contributed by atoms with Crippen LogP contribution in [0.3, 0.4) is 0 Å². The van der Waals surface area contributed by atoms with Crippen molar-refractivity contribution >= 4 is 17.2 Å². The fourth-order valence-electron chi connectivity index (χ4n) is 4.38. The summed E-state index contributed by atoms with van der Waals surface area (Å²) in [5.41, 5.74) is 6.57. The van der Waals surface area contributed by atoms with Gasteiger partial charge >= 0.3 is 0 Å². The third-order valence-electron chi connectivity index (χ3n) is 6.51. The van der Waals surface area contributed by atoms with Crippen LogP contribution in [0.15, 0.2) is 54.6 Å². The Labute approximate surface area is 210 Å². The van der Waals surface area contributed by atoms with E-state index in [2.05, 4.69) is 20.3 Å². The number of nitrogens with one attached hydrogen (secondary N) is 1. The summed E-state index contributed by atoms with van der Waals surface area (Å²) >= 11 is 0. The smallest absolute Gasteiger partial charge is 0.261 e. The van der Waals surface area contributed by atoms with Crippen LogP contribution in [0.4, 0.5) is 14.5 Å². The molecule has 6 nitrogen and oxygen atoms in total. The van der Waals surface area contributed by atoms with Crippen LogP contribution >= 0.6 is 0 Å². The zero-order valence-corrected chi connectivity index (χ0v) is 21.1. The molecule has 0 aliphatic carbocycles. The Morgan fingerprint density at radius 1 is 1.08 bits per heavy atom. The summed E-state index contributed by atoms with van der Waals surface area (Å²) in [5.74, 6) is -2.21. The molecule has 1 aliphatic heterocycles. The fourth-order valence-corrected chi connectivity index (χ4v) is 4.38. The number of amides is 1. The van der Waals surface area contributed by atoms with Crippen LogP contribution in [0.25, 0.3) is 16.7 Å². The lowest BCUT2D eigenvalue weighted by Crippen LogP contribution is -2.24. The van der Waals surface area contributed by atoms with E-state index in [9.17, 15) is 13.6 Å². The van der Waals surface area contributed by atoms with Gasteiger partial charge in [-0.2, -0.15) is 0 Å². The quantitative estimate of drug-likeness (QED) is 0.422. The highest BCUT2D eigenvalue weighted by molar-refractivity contribution is 6.26. The van der Waals surface area contributed by atoms with Gasteiger partial charge in [0.1, 0.15) is 5.82 Å². The molecule has 1 aromatic carbocycles. The summed E-state index contributed by atoms with van der Waals surface area (Å²) in [6.45, 7) is 8.32. The number of hydrogen-bond acceptors (Lipinski definition) is 5. The van der Waals surface area contributed by atoms with Crippen LogP contribution in [0.5, 0.6) is 0 Å². The van der Waals surface area contributed by atoms with Gasteiger partial charge in [0.2, 0.25) is 0 Å². The molecule has 1 aliphatic rings. The summed E-state index contributed by atoms with van der Waals surface area (Å²) in [6.07, 6.45) is 7.28. The van der Waals surface area contributed by atoms with Crippen LogP contribution in [0.1, 0.15) is 49.2 Å². The first-order valence-corrected chi connectivity index (χ1v) is 12.1. The van der Waals surface area contributed by atoms with Crippen LogP contribution < -0.4 is 5.32 Å². The van der Waals surface area contributed by atoms with Crippen molar-refractivity contribution in [3.63, 3.8) is 0 Å². The number of halogens is 2. The van der Waals surface area contributed by atoms with E-state index in [0.29, 0.717) is 36.6 Å². The highest BCUT2D eigenvalue weighted by atomic mass is 19.3. The number of aromatic nitrogens is 3. The second kappa shape index (κ2) is 10.6. The summed E-state index contributed by atoms with van der Waals surface area (Å²) in [5, 5.41) is 2.92. The van der Waals surface area contributed by atoms with E-state index in [4.69, 9.17) is 0 Å². The van der Waals surface area contributed by atoms with E-state index in [-0.39, 0.29) is 18.9 Å². The van der Waals surface area contributed by atoms with Gasteiger partial charge in [-0.3, -0.25) is 14.7 Å². The van der Waals surface area contributed by atoms with Crippen LogP contribution in [0, 0.1) is 13.8 Å². The second-order valence-electron chi connectivity index (χ2n) is 9.41. The van der Waals surface area contributed by atoms with Gasteiger partial charge in [-0.25, -0.2) is 18.7 Å². The molecule has 0 radical (unpaired) electrons. The van der Waals surface area contributed by atoms with E-state index >= 15 is 0 Å². The van der Waals surface area contributed by atoms with Crippen LogP contribution in [-0.4, -0.2) is 44.8 Å². The molecule has 8 heteroatoms. The highest BCUT2D eigenvalue weighted by Crippen LogP contribution is 2.31. The molecule has 0 bridgehead atoms. The zero-order valence-electron chi connectivity index (χ0n) is 21.1. The Balaban J connectivity index is 1.63. The summed E-state index contributed by atoms with van der Waals surface area (Å²) in [6, 6.07) is 7.97. The van der Waals surface area contributed by atoms with Gasteiger partial charge in [0.15, 0.2) is 0 Å². The number of pyridine rings is 1. The molecule has 0 atom stereocenters. The van der Waals surface area contributed by atoms with Crippen molar-refractivity contribution in [2.45, 2.75) is 53.0 Å². The number of allylic oxidation sites excluding steroid dienone is 1. The lowest BCUT2D eigenvalue weighted by atomic mass is 9.91. The second-order valence-corrected chi connectivity index (χ2v) is 9.41. The summed E-state index contributed by atoms with van der Waals surface area (Å²) < 4.78 is 27.2. The normalized spacial score (nSPS) is 16.1. The topological polar surface area (TPSA) is 71.0 Å². The number of benzene rings is 1. The monoisotopic (exact) mass is 491 g/mol. The number of rotatable bonds is 7. The summed E-state index contributed by atoms with van der Waals surface area (Å²) in [4.78, 5) is 27.8. The predicted octanol–water partition coefficient (Wildman–Crippen LogP) is 5.82. The van der Waals surface area contributed by atoms with E-state index in [1.165, 1.54) is 0 Å². The molecule has 3 heterocycles. The van der Waals surface area contributed by atoms with Crippen molar-refractivity contribution in [2.24, 2.45) is 0 Å². The van der Waals surface area contributed by atoms with Crippen molar-refractivity contribution < 1.29 is 13.6 Å². The number of aryl methyl sites for hydroxylation is 2. The molecule has 0 spiro atoms. The maximum absolute atomic E-state index is 13.6. The lowest BCUT2D eigenvalue weighted by Gasteiger charge is -2.17. The Hall–Kier alpha value is -3.52. The highest BCUT2D eigenvalue weighted by Gasteiger charge is 2.37. The van der Waals surface area contributed by atoms with Crippen LogP contribution in [0.2, 0.25) is 0 Å². The first-order chi connectivity index (χ1) is 17.1. The number of nitrogens with zero attached hydrogens (tertiary/aromatic N) is 4. The molecular weight excluding hydrogens is 460 g/mol. The number of likely N-dealkylation sites (tertiary alicyclic amines) is 1. The first-order valence-electron chi connectivity index (χ1n) is 12.1. The molecule has 4 rings (SSSR count). The molecule has 1 amide bonds. The zero-order chi connectivity index (χ0) is 25.9. The molecular formula is C28H31F2N5O. The van der Waals surface area contributed by atoms with Gasteiger partial charge in [-0.05, 0) is 61.6 Å². The third kappa shape index (κ3) is 5.99. The van der Waals surface area contributed by atoms with Gasteiger partial charge < -0.3 is 5.32 Å². The van der Waals surface area contributed by atoms with E-state index in [1.807, 2.05) is 45.0 Å². The number of carbonyl (C=O) groups excluding carboxylic acids is 1. The fraction of sp³-hybridized carbons (Fsp3) is 0.357. The van der Waals surface area contributed by atoms with Gasteiger partial charge in [-0.1, -0.05) is 24.6 Å². The summed E-state index contributed by atoms with van der Waals surface area (Å²) in [7, 11) is 0. The van der Waals surface area contributed by atoms with Gasteiger partial charge in [-0.15, -0.1) is 0 Å². The minimum atomic E-state index is -2.62. The molecule has 2 aromatic heterocycles. The molecule has 1 N–H and O–H groups in total. The molecule has 0 saturated carbocycles. The molecule has 1 saturated heterocycles. The largest absolute Gasteiger partial charge is 0.319 e. The maximum atomic E-state index is 13.6. The average Bonchev–Trinajstić information content (AvgIpc) is 3.19. The van der Waals surface area contributed by atoms with E-state index < -0.39 is 5.92 Å². The van der Waals surface area contributed by atoms with Crippen molar-refractivity contribution in [1.82, 2.24) is 19.9 Å². The van der Waals surface area contributed by atoms with Crippen molar-refractivity contribution in [2.75, 3.05) is 18.4 Å². The van der Waals surface area contributed by atoms with E-state index in [1.54, 1.807) is 36.6 Å². The van der Waals surface area contributed by atoms with Crippen molar-refractivity contribution in [3.8, 4) is 11.1 Å². The number of carbonyl (C=O) groups is 1. The number of alkyl halides is 2. The Kier molecular flexibility index (Phi) is 7.54. The number of anilines is 1. The van der Waals surface area contributed by atoms with Crippen molar-refractivity contribution in [3.05, 3.63) is 77.1 Å². The van der Waals surface area contributed by atoms with Crippen LogP contribution in [-0.2, 0) is 11.3 Å². The Morgan fingerprint density at radius 3 is 2.50 bits per heavy atom. The average molecular weight is 492 g/mol. The van der Waals surface area contributed by atoms with Crippen molar-refractivity contribution in [1.29, 1.82) is 0 Å². The Morgan fingerprint density at radius 2 is 1.83 bits per heavy atom. The minimum Gasteiger partial charge on any atom is -0.319 e. The molecule has 3 aromatic rings. The predicted molar refractivity (Wildman–Crippen MR) is 138 cm³/mol. The molecule has 36 heavy (non-hydrogen) atoms. The minimum absolute atomic E-state index is 0.107. The SMILES string of the molecule is CC/C(C)=C(/C(=O)Nc1cnc(C)nc1)c1cc(-c2cncc(CN3CCC(F)(F)C3)c2)ccc1C. The Bertz CT molecular complexity index is 1290. The van der Waals surface area contributed by atoms with Gasteiger partial charge in [0.25, 0.3) is 11.8 Å². The molecule has 188 valence electrons. The molecule has 1 fully saturated rings. The van der Waals surface area contributed by atoms with E-state index in [0.717, 1.165) is 33.4 Å².